The van der Waals surface area contributed by atoms with Gasteiger partial charge in [-0.1, -0.05) is 33.1 Å². The second-order valence-corrected chi connectivity index (χ2v) is 6.30. The highest BCUT2D eigenvalue weighted by atomic mass is 79.9. The van der Waals surface area contributed by atoms with E-state index in [1.165, 1.54) is 17.0 Å². The molecule has 0 N–H and O–H groups in total. The molecule has 3 nitrogen and oxygen atoms in total. The maximum absolute atomic E-state index is 13.7. The van der Waals surface area contributed by atoms with E-state index in [-0.39, 0.29) is 4.47 Å². The van der Waals surface area contributed by atoms with Crippen LogP contribution in [-0.4, -0.2) is 18.2 Å². The Balaban J connectivity index is 2.27. The lowest BCUT2D eigenvalue weighted by Gasteiger charge is -2.23. The van der Waals surface area contributed by atoms with Crippen LogP contribution in [0.4, 0.5) is 10.1 Å². The molecule has 0 radical (unpaired) electrons. The van der Waals surface area contributed by atoms with Crippen molar-refractivity contribution in [2.45, 2.75) is 39.5 Å². The lowest BCUT2D eigenvalue weighted by molar-refractivity contribution is -0.114. The zero-order chi connectivity index (χ0) is 15.6. The van der Waals surface area contributed by atoms with Gasteiger partial charge in [0.1, 0.15) is 5.82 Å². The van der Waals surface area contributed by atoms with Gasteiger partial charge in [0.05, 0.1) is 15.7 Å². The third kappa shape index (κ3) is 3.18. The number of fused-ring (bicyclic) bond motifs is 1. The molecule has 1 atom stereocenters. The van der Waals surface area contributed by atoms with Crippen molar-refractivity contribution in [1.29, 1.82) is 0 Å². The van der Waals surface area contributed by atoms with E-state index in [1.54, 1.807) is 0 Å². The van der Waals surface area contributed by atoms with Gasteiger partial charge in [0, 0.05) is 6.54 Å². The van der Waals surface area contributed by atoms with Crippen LogP contribution in [0.2, 0.25) is 0 Å². The highest BCUT2D eigenvalue weighted by molar-refractivity contribution is 9.10. The number of carbonyl (C=O) groups excluding carboxylic acids is 2. The average Bonchev–Trinajstić information content (AvgIpc) is 2.69. The molecule has 1 unspecified atom stereocenters. The maximum Gasteiger partial charge on any atom is 0.299 e. The molecule has 21 heavy (non-hydrogen) atoms. The zero-order valence-corrected chi connectivity index (χ0v) is 13.9. The molecule has 2 rings (SSSR count). The number of hydrogen-bond donors (Lipinski definition) is 0. The molecule has 5 heteroatoms. The molecular weight excluding hydrogens is 337 g/mol. The first-order chi connectivity index (χ1) is 9.99. The molecule has 1 aromatic rings. The fourth-order valence-corrected chi connectivity index (χ4v) is 2.99. The van der Waals surface area contributed by atoms with Crippen molar-refractivity contribution in [3.63, 3.8) is 0 Å². The standard InChI is InChI=1S/C16H19BrFNO2/c1-3-5-6-10(4-2)9-19-14-8-13(18)12(17)7-11(14)15(20)16(19)21/h7-8,10H,3-6,9H2,1-2H3. The van der Waals surface area contributed by atoms with E-state index in [4.69, 9.17) is 0 Å². The SMILES string of the molecule is CCCCC(CC)CN1C(=O)C(=O)c2cc(Br)c(F)cc21. The Bertz CT molecular complexity index is 574. The van der Waals surface area contributed by atoms with Gasteiger partial charge in [-0.25, -0.2) is 4.39 Å². The van der Waals surface area contributed by atoms with Crippen molar-refractivity contribution in [3.8, 4) is 0 Å². The second-order valence-electron chi connectivity index (χ2n) is 5.44. The third-order valence-corrected chi connectivity index (χ3v) is 4.61. The maximum atomic E-state index is 13.7. The Morgan fingerprint density at radius 3 is 2.62 bits per heavy atom. The Hall–Kier alpha value is -1.23. The molecule has 0 bridgehead atoms. The highest BCUT2D eigenvalue weighted by Crippen LogP contribution is 2.34. The van der Waals surface area contributed by atoms with E-state index in [0.717, 1.165) is 25.7 Å². The van der Waals surface area contributed by atoms with Crippen LogP contribution in [0.15, 0.2) is 16.6 Å². The monoisotopic (exact) mass is 355 g/mol. The predicted octanol–water partition coefficient (Wildman–Crippen LogP) is 4.33. The highest BCUT2D eigenvalue weighted by Gasteiger charge is 2.37. The summed E-state index contributed by atoms with van der Waals surface area (Å²) in [4.78, 5) is 25.6. The first-order valence-electron chi connectivity index (χ1n) is 7.34. The number of Topliss-reactive ketones (excluding diaryl/α,β-unsaturated/α-hetero) is 1. The fourth-order valence-electron chi connectivity index (χ4n) is 2.65. The van der Waals surface area contributed by atoms with Gasteiger partial charge >= 0.3 is 0 Å². The number of benzene rings is 1. The van der Waals surface area contributed by atoms with Gasteiger partial charge in [0.2, 0.25) is 0 Å². The van der Waals surface area contributed by atoms with Crippen LogP contribution in [0, 0.1) is 11.7 Å². The van der Waals surface area contributed by atoms with Crippen LogP contribution in [0.25, 0.3) is 0 Å². The van der Waals surface area contributed by atoms with Crippen molar-refractivity contribution < 1.29 is 14.0 Å². The molecule has 1 amide bonds. The van der Waals surface area contributed by atoms with E-state index in [2.05, 4.69) is 29.8 Å². The molecule has 0 spiro atoms. The molecule has 0 fully saturated rings. The zero-order valence-electron chi connectivity index (χ0n) is 12.3. The number of halogens is 2. The number of carbonyl (C=O) groups is 2. The van der Waals surface area contributed by atoms with E-state index in [9.17, 15) is 14.0 Å². The number of ketones is 1. The van der Waals surface area contributed by atoms with Crippen LogP contribution in [0.1, 0.15) is 49.9 Å². The van der Waals surface area contributed by atoms with Gasteiger partial charge in [0.25, 0.3) is 11.7 Å². The summed E-state index contributed by atoms with van der Waals surface area (Å²) in [5.74, 6) is -1.21. The summed E-state index contributed by atoms with van der Waals surface area (Å²) < 4.78 is 13.9. The van der Waals surface area contributed by atoms with Gasteiger partial charge in [0.15, 0.2) is 0 Å². The van der Waals surface area contributed by atoms with E-state index < -0.39 is 17.5 Å². The Kier molecular flexibility index (Phi) is 5.14. The second kappa shape index (κ2) is 6.69. The smallest absolute Gasteiger partial charge is 0.299 e. The van der Waals surface area contributed by atoms with Crippen molar-refractivity contribution in [3.05, 3.63) is 28.0 Å². The molecule has 114 valence electrons. The quantitative estimate of drug-likeness (QED) is 0.712. The molecule has 1 heterocycles. The summed E-state index contributed by atoms with van der Waals surface area (Å²) >= 11 is 3.06. The topological polar surface area (TPSA) is 37.4 Å². The normalized spacial score (nSPS) is 15.5. The summed E-state index contributed by atoms with van der Waals surface area (Å²) in [6.07, 6.45) is 4.14. The molecule has 0 saturated heterocycles. The van der Waals surface area contributed by atoms with Crippen molar-refractivity contribution >= 4 is 33.3 Å². The number of nitrogens with zero attached hydrogens (tertiary/aromatic N) is 1. The van der Waals surface area contributed by atoms with Crippen LogP contribution in [0.3, 0.4) is 0 Å². The minimum absolute atomic E-state index is 0.210. The minimum atomic E-state index is -0.545. The number of hydrogen-bond acceptors (Lipinski definition) is 2. The summed E-state index contributed by atoms with van der Waals surface area (Å²) in [5.41, 5.74) is 0.694. The van der Waals surface area contributed by atoms with Gasteiger partial charge in [-0.3, -0.25) is 9.59 Å². The molecule has 1 aliphatic rings. The largest absolute Gasteiger partial charge is 0.304 e. The predicted molar refractivity (Wildman–Crippen MR) is 84.1 cm³/mol. The molecule has 0 aromatic heterocycles. The molecule has 1 aromatic carbocycles. The van der Waals surface area contributed by atoms with E-state index in [0.29, 0.717) is 23.7 Å². The van der Waals surface area contributed by atoms with Gasteiger partial charge in [-0.05, 0) is 40.4 Å². The number of unbranched alkanes of at least 4 members (excludes halogenated alkanes) is 1. The van der Waals surface area contributed by atoms with Crippen molar-refractivity contribution in [2.24, 2.45) is 5.92 Å². The van der Waals surface area contributed by atoms with Crippen LogP contribution >= 0.6 is 15.9 Å². The summed E-state index contributed by atoms with van der Waals surface area (Å²) in [5, 5.41) is 0. The molecule has 1 aliphatic heterocycles. The molecule has 0 aliphatic carbocycles. The summed E-state index contributed by atoms with van der Waals surface area (Å²) in [6.45, 7) is 4.68. The van der Waals surface area contributed by atoms with Crippen molar-refractivity contribution in [2.75, 3.05) is 11.4 Å². The van der Waals surface area contributed by atoms with Crippen LogP contribution < -0.4 is 4.90 Å². The lowest BCUT2D eigenvalue weighted by atomic mass is 9.98. The van der Waals surface area contributed by atoms with E-state index >= 15 is 0 Å². The Morgan fingerprint density at radius 2 is 2.00 bits per heavy atom. The first kappa shape index (κ1) is 16.1. The lowest BCUT2D eigenvalue weighted by Crippen LogP contribution is -2.34. The number of rotatable bonds is 6. The minimum Gasteiger partial charge on any atom is -0.304 e. The van der Waals surface area contributed by atoms with Crippen LogP contribution in [-0.2, 0) is 4.79 Å². The third-order valence-electron chi connectivity index (χ3n) is 4.00. The van der Waals surface area contributed by atoms with Gasteiger partial charge in [-0.2, -0.15) is 0 Å². The van der Waals surface area contributed by atoms with Crippen LogP contribution in [0.5, 0.6) is 0 Å². The van der Waals surface area contributed by atoms with Crippen molar-refractivity contribution in [1.82, 2.24) is 0 Å². The fraction of sp³-hybridized carbons (Fsp3) is 0.500. The summed E-state index contributed by atoms with van der Waals surface area (Å²) in [6, 6.07) is 2.67. The average molecular weight is 356 g/mol. The first-order valence-corrected chi connectivity index (χ1v) is 8.14. The van der Waals surface area contributed by atoms with Gasteiger partial charge < -0.3 is 4.90 Å². The molecule has 0 saturated carbocycles. The Morgan fingerprint density at radius 1 is 1.29 bits per heavy atom. The van der Waals surface area contributed by atoms with Gasteiger partial charge in [-0.15, -0.1) is 0 Å². The number of amides is 1. The number of anilines is 1. The Labute approximate surface area is 132 Å². The van der Waals surface area contributed by atoms with E-state index in [1.807, 2.05) is 0 Å². The molecular formula is C16H19BrFNO2. The summed E-state index contributed by atoms with van der Waals surface area (Å²) in [7, 11) is 0.